The Morgan fingerprint density at radius 1 is 1.35 bits per heavy atom. The smallest absolute Gasteiger partial charge is 0.333 e. The highest BCUT2D eigenvalue weighted by Gasteiger charge is 2.25. The second-order valence-electron chi connectivity index (χ2n) is 5.33. The normalized spacial score (nSPS) is 23.9. The number of aliphatic carboxylic acids is 1. The van der Waals surface area contributed by atoms with Gasteiger partial charge in [-0.1, -0.05) is 6.58 Å². The minimum absolute atomic E-state index is 0.0663. The monoisotopic (exact) mass is 285 g/mol. The molecule has 1 aliphatic rings. The minimum Gasteiger partial charge on any atom is -0.481 e. The third-order valence-electron chi connectivity index (χ3n) is 3.47. The predicted molar refractivity (Wildman–Crippen MR) is 73.2 cm³/mol. The number of aliphatic hydroxyl groups excluding tert-OH is 1. The first kappa shape index (κ1) is 16.7. The van der Waals surface area contributed by atoms with Gasteiger partial charge >= 0.3 is 11.9 Å². The quantitative estimate of drug-likeness (QED) is 0.471. The number of esters is 1. The lowest BCUT2D eigenvalue weighted by molar-refractivity contribution is -0.143. The molecular weight excluding hydrogens is 262 g/mol. The molecule has 6 nitrogen and oxygen atoms in total. The van der Waals surface area contributed by atoms with E-state index in [1.807, 2.05) is 0 Å². The maximum absolute atomic E-state index is 11.1. The summed E-state index contributed by atoms with van der Waals surface area (Å²) in [4.78, 5) is 22.0. The number of hydrogen-bond acceptors (Lipinski definition) is 5. The number of ether oxygens (including phenoxy) is 1. The largest absolute Gasteiger partial charge is 0.481 e. The van der Waals surface area contributed by atoms with Crippen LogP contribution in [0.2, 0.25) is 0 Å². The van der Waals surface area contributed by atoms with Crippen molar-refractivity contribution in [1.29, 1.82) is 0 Å². The van der Waals surface area contributed by atoms with Crippen LogP contribution < -0.4 is 5.32 Å². The van der Waals surface area contributed by atoms with Gasteiger partial charge in [-0.15, -0.1) is 0 Å². The molecule has 3 N–H and O–H groups in total. The second kappa shape index (κ2) is 8.01. The highest BCUT2D eigenvalue weighted by atomic mass is 16.5. The van der Waals surface area contributed by atoms with Crippen molar-refractivity contribution in [2.24, 2.45) is 5.92 Å². The third-order valence-corrected chi connectivity index (χ3v) is 3.47. The van der Waals surface area contributed by atoms with Crippen molar-refractivity contribution < 1.29 is 24.5 Å². The molecule has 0 aliphatic heterocycles. The lowest BCUT2D eigenvalue weighted by Crippen LogP contribution is -2.40. The number of aliphatic hydroxyl groups is 1. The van der Waals surface area contributed by atoms with Crippen molar-refractivity contribution in [3.05, 3.63) is 12.2 Å². The summed E-state index contributed by atoms with van der Waals surface area (Å²) in [6, 6.07) is 0.220. The zero-order valence-corrected chi connectivity index (χ0v) is 11.8. The summed E-state index contributed by atoms with van der Waals surface area (Å²) in [5.41, 5.74) is 0.303. The number of rotatable bonds is 7. The Bertz CT molecular complexity index is 361. The van der Waals surface area contributed by atoms with Crippen LogP contribution in [0.5, 0.6) is 0 Å². The van der Waals surface area contributed by atoms with Gasteiger partial charge in [0.05, 0.1) is 5.92 Å². The fourth-order valence-corrected chi connectivity index (χ4v) is 2.20. The Labute approximate surface area is 118 Å². The average molecular weight is 285 g/mol. The van der Waals surface area contributed by atoms with Crippen LogP contribution in [-0.4, -0.2) is 47.4 Å². The average Bonchev–Trinajstić information content (AvgIpc) is 2.42. The summed E-state index contributed by atoms with van der Waals surface area (Å²) < 4.78 is 4.85. The number of hydrogen-bond donors (Lipinski definition) is 3. The van der Waals surface area contributed by atoms with Crippen molar-refractivity contribution in [3.63, 3.8) is 0 Å². The lowest BCUT2D eigenvalue weighted by Gasteiger charge is -2.27. The van der Waals surface area contributed by atoms with Gasteiger partial charge in [-0.05, 0) is 32.6 Å². The van der Waals surface area contributed by atoms with Crippen molar-refractivity contribution in [2.75, 3.05) is 13.2 Å². The number of nitrogens with one attached hydrogen (secondary N) is 1. The maximum Gasteiger partial charge on any atom is 0.333 e. The van der Waals surface area contributed by atoms with E-state index in [1.54, 1.807) is 6.92 Å². The molecule has 1 aliphatic carbocycles. The van der Waals surface area contributed by atoms with Crippen molar-refractivity contribution >= 4 is 11.9 Å². The molecule has 20 heavy (non-hydrogen) atoms. The number of carbonyl (C=O) groups is 2. The van der Waals surface area contributed by atoms with Crippen LogP contribution in [-0.2, 0) is 14.3 Å². The van der Waals surface area contributed by atoms with E-state index in [2.05, 4.69) is 11.9 Å². The van der Waals surface area contributed by atoms with Crippen LogP contribution in [0, 0.1) is 5.92 Å². The minimum atomic E-state index is -0.768. The summed E-state index contributed by atoms with van der Waals surface area (Å²) in [6.07, 6.45) is 2.13. The first-order valence-electron chi connectivity index (χ1n) is 6.87. The summed E-state index contributed by atoms with van der Waals surface area (Å²) in [6.45, 7) is 5.26. The van der Waals surface area contributed by atoms with E-state index in [9.17, 15) is 14.7 Å². The van der Waals surface area contributed by atoms with Crippen molar-refractivity contribution in [3.8, 4) is 0 Å². The van der Waals surface area contributed by atoms with Gasteiger partial charge in [0.1, 0.15) is 12.7 Å². The molecule has 114 valence electrons. The number of carboxylic acids is 1. The molecule has 0 aromatic rings. The van der Waals surface area contributed by atoms with Gasteiger partial charge in [0.25, 0.3) is 0 Å². The Kier molecular flexibility index (Phi) is 6.67. The van der Waals surface area contributed by atoms with Crippen LogP contribution in [0.1, 0.15) is 32.6 Å². The molecular formula is C14H23NO5. The van der Waals surface area contributed by atoms with Gasteiger partial charge in [0.15, 0.2) is 0 Å². The van der Waals surface area contributed by atoms with E-state index in [-0.39, 0.29) is 18.6 Å². The van der Waals surface area contributed by atoms with Crippen molar-refractivity contribution in [1.82, 2.24) is 5.32 Å². The molecule has 0 aromatic heterocycles. The molecule has 0 amide bonds. The van der Waals surface area contributed by atoms with Gasteiger partial charge in [0.2, 0.25) is 0 Å². The van der Waals surface area contributed by atoms with Crippen LogP contribution in [0.15, 0.2) is 12.2 Å². The zero-order chi connectivity index (χ0) is 15.1. The van der Waals surface area contributed by atoms with Gasteiger partial charge in [-0.3, -0.25) is 4.79 Å². The molecule has 0 heterocycles. The fraction of sp³-hybridized carbons (Fsp3) is 0.714. The SMILES string of the molecule is C=C(C)C(=O)OCC(O)CNC1CCC(C(=O)O)CC1. The van der Waals surface area contributed by atoms with Gasteiger partial charge in [-0.25, -0.2) is 4.79 Å². The molecule has 0 spiro atoms. The Hall–Kier alpha value is -1.40. The van der Waals surface area contributed by atoms with E-state index in [1.165, 1.54) is 0 Å². The van der Waals surface area contributed by atoms with E-state index < -0.39 is 18.0 Å². The van der Waals surface area contributed by atoms with Gasteiger partial charge in [0, 0.05) is 18.2 Å². The Morgan fingerprint density at radius 3 is 2.45 bits per heavy atom. The molecule has 0 bridgehead atoms. The fourth-order valence-electron chi connectivity index (χ4n) is 2.20. The third kappa shape index (κ3) is 5.71. The maximum atomic E-state index is 11.1. The van der Waals surface area contributed by atoms with Crippen LogP contribution >= 0.6 is 0 Å². The van der Waals surface area contributed by atoms with E-state index in [4.69, 9.17) is 9.84 Å². The summed E-state index contributed by atoms with van der Waals surface area (Å²) >= 11 is 0. The highest BCUT2D eigenvalue weighted by Crippen LogP contribution is 2.24. The topological polar surface area (TPSA) is 95.9 Å². The number of carbonyl (C=O) groups excluding carboxylic acids is 1. The summed E-state index contributed by atoms with van der Waals surface area (Å²) in [5, 5.41) is 21.8. The standard InChI is InChI=1S/C14H23NO5/c1-9(2)14(19)20-8-12(16)7-15-11-5-3-10(4-6-11)13(17)18/h10-12,15-16H,1,3-8H2,2H3,(H,17,18). The van der Waals surface area contributed by atoms with Gasteiger partial charge in [-0.2, -0.15) is 0 Å². The van der Waals surface area contributed by atoms with E-state index in [0.717, 1.165) is 12.8 Å². The van der Waals surface area contributed by atoms with Crippen LogP contribution in [0.25, 0.3) is 0 Å². The van der Waals surface area contributed by atoms with Crippen LogP contribution in [0.3, 0.4) is 0 Å². The lowest BCUT2D eigenvalue weighted by atomic mass is 9.86. The zero-order valence-electron chi connectivity index (χ0n) is 11.8. The first-order chi connectivity index (χ1) is 9.40. The summed E-state index contributed by atoms with van der Waals surface area (Å²) in [5.74, 6) is -1.48. The first-order valence-corrected chi connectivity index (χ1v) is 6.87. The van der Waals surface area contributed by atoms with Crippen LogP contribution in [0.4, 0.5) is 0 Å². The molecule has 1 atom stereocenters. The predicted octanol–water partition coefficient (Wildman–Crippen LogP) is 0.700. The highest BCUT2D eigenvalue weighted by molar-refractivity contribution is 5.86. The molecule has 0 saturated heterocycles. The molecule has 0 aromatic carbocycles. The summed E-state index contributed by atoms with van der Waals surface area (Å²) in [7, 11) is 0. The molecule has 0 radical (unpaired) electrons. The number of carboxylic acid groups (broad SMARTS) is 1. The van der Waals surface area contributed by atoms with Crippen molar-refractivity contribution in [2.45, 2.75) is 44.8 Å². The Balaban J connectivity index is 2.16. The molecule has 1 fully saturated rings. The Morgan fingerprint density at radius 2 is 1.95 bits per heavy atom. The molecule has 1 unspecified atom stereocenters. The second-order valence-corrected chi connectivity index (χ2v) is 5.33. The molecule has 1 saturated carbocycles. The molecule has 6 heteroatoms. The molecule has 1 rings (SSSR count). The van der Waals surface area contributed by atoms with E-state index >= 15 is 0 Å². The van der Waals surface area contributed by atoms with E-state index in [0.29, 0.717) is 25.0 Å². The van der Waals surface area contributed by atoms with Gasteiger partial charge < -0.3 is 20.3 Å².